The molecule has 0 aliphatic carbocycles. The highest BCUT2D eigenvalue weighted by molar-refractivity contribution is 5.85. The van der Waals surface area contributed by atoms with Crippen molar-refractivity contribution in [1.82, 2.24) is 24.8 Å². The smallest absolute Gasteiger partial charge is 0.141 e. The van der Waals surface area contributed by atoms with E-state index < -0.39 is 0 Å². The average Bonchev–Trinajstić information content (AvgIpc) is 3.15. The number of nitrogens with two attached hydrogens (primary N) is 1. The van der Waals surface area contributed by atoms with Crippen molar-refractivity contribution in [2.45, 2.75) is 25.8 Å². The molecule has 3 heterocycles. The molecule has 0 spiro atoms. The van der Waals surface area contributed by atoms with Crippen LogP contribution < -0.4 is 5.73 Å². The molecule has 6 heteroatoms. The van der Waals surface area contributed by atoms with Gasteiger partial charge in [0.1, 0.15) is 12.0 Å². The highest BCUT2D eigenvalue weighted by Crippen LogP contribution is 2.29. The molecule has 0 radical (unpaired) electrons. The van der Waals surface area contributed by atoms with Gasteiger partial charge < -0.3 is 15.6 Å². The Labute approximate surface area is 166 Å². The molecule has 2 aromatic heterocycles. The number of H-pyrrole nitrogens is 1. The van der Waals surface area contributed by atoms with Gasteiger partial charge in [0, 0.05) is 49.7 Å². The molecule has 6 nitrogen and oxygen atoms in total. The number of nitrogens with zero attached hydrogens (tertiary/aromatic N) is 4. The maximum atomic E-state index is 5.74. The highest BCUT2D eigenvalue weighted by Gasteiger charge is 2.15. The van der Waals surface area contributed by atoms with Crippen LogP contribution >= 0.6 is 0 Å². The van der Waals surface area contributed by atoms with Crippen LogP contribution in [0.2, 0.25) is 0 Å². The molecule has 3 aromatic rings. The van der Waals surface area contributed by atoms with Gasteiger partial charge in [-0.1, -0.05) is 31.2 Å². The number of hydrogen-bond acceptors (Lipinski definition) is 5. The monoisotopic (exact) mass is 378 g/mol. The molecule has 0 bridgehead atoms. The van der Waals surface area contributed by atoms with Gasteiger partial charge in [-0.2, -0.15) is 0 Å². The highest BCUT2D eigenvalue weighted by atomic mass is 15.2. The largest absolute Gasteiger partial charge is 0.339 e. The van der Waals surface area contributed by atoms with Crippen molar-refractivity contribution in [3.05, 3.63) is 47.9 Å². The Morgan fingerprint density at radius 3 is 2.57 bits per heavy atom. The molecule has 28 heavy (non-hydrogen) atoms. The van der Waals surface area contributed by atoms with E-state index in [1.54, 1.807) is 6.33 Å². The van der Waals surface area contributed by atoms with E-state index in [0.29, 0.717) is 12.5 Å². The van der Waals surface area contributed by atoms with E-state index >= 15 is 0 Å². The molecule has 1 saturated heterocycles. The molecular weight excluding hydrogens is 348 g/mol. The molecular formula is C22H30N6. The van der Waals surface area contributed by atoms with Crippen LogP contribution in [0.1, 0.15) is 30.5 Å². The molecule has 4 rings (SSSR count). The number of aromatic amines is 1. The van der Waals surface area contributed by atoms with Crippen molar-refractivity contribution in [3.8, 4) is 11.3 Å². The Bertz CT molecular complexity index is 908. The van der Waals surface area contributed by atoms with E-state index in [9.17, 15) is 0 Å². The topological polar surface area (TPSA) is 74.1 Å². The van der Waals surface area contributed by atoms with E-state index in [1.165, 1.54) is 11.1 Å². The fraction of sp³-hybridized carbons (Fsp3) is 0.455. The zero-order valence-corrected chi connectivity index (χ0v) is 16.9. The Morgan fingerprint density at radius 2 is 1.86 bits per heavy atom. The zero-order valence-electron chi connectivity index (χ0n) is 16.9. The van der Waals surface area contributed by atoms with Crippen LogP contribution in [-0.2, 0) is 6.54 Å². The SMILES string of the molecule is CC(CCN)c1ncnc2[nH]c(-c3ccc(CN4CCN(C)CC4)cc3)cc12. The Morgan fingerprint density at radius 1 is 1.11 bits per heavy atom. The number of nitrogens with one attached hydrogen (secondary N) is 1. The molecule has 3 N–H and O–H groups in total. The third kappa shape index (κ3) is 4.09. The summed E-state index contributed by atoms with van der Waals surface area (Å²) in [4.78, 5) is 17.3. The summed E-state index contributed by atoms with van der Waals surface area (Å²) >= 11 is 0. The van der Waals surface area contributed by atoms with Gasteiger partial charge in [-0.05, 0) is 37.2 Å². The van der Waals surface area contributed by atoms with Crippen LogP contribution in [0.15, 0.2) is 36.7 Å². The molecule has 148 valence electrons. The first-order valence-electron chi connectivity index (χ1n) is 10.2. The number of fused-ring (bicyclic) bond motifs is 1. The van der Waals surface area contributed by atoms with E-state index in [-0.39, 0.29) is 0 Å². The predicted octanol–water partition coefficient (Wildman–Crippen LogP) is 2.82. The van der Waals surface area contributed by atoms with Crippen LogP contribution in [0.4, 0.5) is 0 Å². The third-order valence-corrected chi connectivity index (χ3v) is 5.79. The molecule has 1 aliphatic heterocycles. The minimum absolute atomic E-state index is 0.324. The summed E-state index contributed by atoms with van der Waals surface area (Å²) in [7, 11) is 2.19. The summed E-state index contributed by atoms with van der Waals surface area (Å²) in [5.74, 6) is 0.324. The lowest BCUT2D eigenvalue weighted by Crippen LogP contribution is -2.43. The summed E-state index contributed by atoms with van der Waals surface area (Å²) in [5, 5.41) is 1.10. The van der Waals surface area contributed by atoms with Gasteiger partial charge >= 0.3 is 0 Å². The van der Waals surface area contributed by atoms with Crippen molar-refractivity contribution >= 4 is 11.0 Å². The lowest BCUT2D eigenvalue weighted by atomic mass is 10.0. The summed E-state index contributed by atoms with van der Waals surface area (Å²) in [6.07, 6.45) is 2.57. The molecule has 1 unspecified atom stereocenters. The molecule has 0 saturated carbocycles. The predicted molar refractivity (Wildman–Crippen MR) is 114 cm³/mol. The van der Waals surface area contributed by atoms with Crippen LogP contribution in [0, 0.1) is 0 Å². The Balaban J connectivity index is 1.52. The van der Waals surface area contributed by atoms with Crippen molar-refractivity contribution < 1.29 is 0 Å². The van der Waals surface area contributed by atoms with Gasteiger partial charge in [-0.3, -0.25) is 4.90 Å². The van der Waals surface area contributed by atoms with Crippen molar-refractivity contribution in [2.75, 3.05) is 39.8 Å². The Kier molecular flexibility index (Phi) is 5.71. The van der Waals surface area contributed by atoms with Crippen LogP contribution in [-0.4, -0.2) is 64.5 Å². The number of rotatable bonds is 6. The van der Waals surface area contributed by atoms with Gasteiger partial charge in [-0.15, -0.1) is 0 Å². The lowest BCUT2D eigenvalue weighted by molar-refractivity contribution is 0.148. The summed E-state index contributed by atoms with van der Waals surface area (Å²) in [6, 6.07) is 11.1. The van der Waals surface area contributed by atoms with Crippen LogP contribution in [0.3, 0.4) is 0 Å². The number of hydrogen-bond donors (Lipinski definition) is 2. The van der Waals surface area contributed by atoms with Crippen LogP contribution in [0.25, 0.3) is 22.3 Å². The second-order valence-corrected chi connectivity index (χ2v) is 7.96. The van der Waals surface area contributed by atoms with Crippen molar-refractivity contribution in [1.29, 1.82) is 0 Å². The minimum atomic E-state index is 0.324. The fourth-order valence-electron chi connectivity index (χ4n) is 3.95. The maximum Gasteiger partial charge on any atom is 0.141 e. The van der Waals surface area contributed by atoms with Crippen LogP contribution in [0.5, 0.6) is 0 Å². The number of aromatic nitrogens is 3. The van der Waals surface area contributed by atoms with Gasteiger partial charge in [0.25, 0.3) is 0 Å². The van der Waals surface area contributed by atoms with E-state index in [4.69, 9.17) is 5.73 Å². The van der Waals surface area contributed by atoms with Gasteiger partial charge in [0.05, 0.1) is 5.69 Å². The van der Waals surface area contributed by atoms with Gasteiger partial charge in [0.15, 0.2) is 0 Å². The normalized spacial score (nSPS) is 17.2. The maximum absolute atomic E-state index is 5.74. The molecule has 1 fully saturated rings. The van der Waals surface area contributed by atoms with Crippen molar-refractivity contribution in [2.24, 2.45) is 5.73 Å². The number of benzene rings is 1. The first-order chi connectivity index (χ1) is 13.6. The fourth-order valence-corrected chi connectivity index (χ4v) is 3.95. The lowest BCUT2D eigenvalue weighted by Gasteiger charge is -2.32. The van der Waals surface area contributed by atoms with Crippen molar-refractivity contribution in [3.63, 3.8) is 0 Å². The summed E-state index contributed by atoms with van der Waals surface area (Å²) in [5.41, 5.74) is 11.3. The van der Waals surface area contributed by atoms with E-state index in [1.807, 2.05) is 0 Å². The molecule has 1 aliphatic rings. The first-order valence-corrected chi connectivity index (χ1v) is 10.2. The molecule has 1 aromatic carbocycles. The second-order valence-electron chi connectivity index (χ2n) is 7.96. The first kappa shape index (κ1) is 19.1. The number of piperazine rings is 1. The molecule has 0 amide bonds. The molecule has 1 atom stereocenters. The van der Waals surface area contributed by atoms with E-state index in [2.05, 4.69) is 69.1 Å². The Hall–Kier alpha value is -2.28. The quantitative estimate of drug-likeness (QED) is 0.690. The standard InChI is InChI=1S/C22H30N6/c1-16(7-8-23)21-19-13-20(26-22(19)25-15-24-21)18-5-3-17(4-6-18)14-28-11-9-27(2)10-12-28/h3-6,13,15-16H,7-12,14,23H2,1-2H3,(H,24,25,26). The summed E-state index contributed by atoms with van der Waals surface area (Å²) in [6.45, 7) is 8.45. The van der Waals surface area contributed by atoms with Gasteiger partial charge in [-0.25, -0.2) is 9.97 Å². The number of likely N-dealkylation sites (N-methyl/N-ethyl adjacent to an activating group) is 1. The summed E-state index contributed by atoms with van der Waals surface area (Å²) < 4.78 is 0. The second kappa shape index (κ2) is 8.39. The van der Waals surface area contributed by atoms with E-state index in [0.717, 1.165) is 61.6 Å². The van der Waals surface area contributed by atoms with Gasteiger partial charge in [0.2, 0.25) is 0 Å². The average molecular weight is 379 g/mol. The zero-order chi connectivity index (χ0) is 19.5. The minimum Gasteiger partial charge on any atom is -0.339 e. The third-order valence-electron chi connectivity index (χ3n) is 5.79.